The smallest absolute Gasteiger partial charge is 0.0248 e. The molecule has 0 aromatic heterocycles. The lowest BCUT2D eigenvalue weighted by Crippen LogP contribution is -2.34. The molecular formula is C40H78N6. The van der Waals surface area contributed by atoms with Crippen molar-refractivity contribution < 1.29 is 0 Å². The molecule has 10 fully saturated rings. The van der Waals surface area contributed by atoms with Crippen molar-refractivity contribution in [2.45, 2.75) is 198 Å². The molecule has 10 aliphatic heterocycles. The summed E-state index contributed by atoms with van der Waals surface area (Å²) in [6.07, 6.45) is 21.5. The van der Waals surface area contributed by atoms with E-state index in [4.69, 9.17) is 5.73 Å². The average molecular weight is 643 g/mol. The minimum Gasteiger partial charge on any atom is -0.326 e. The molecule has 6 heteroatoms. The normalized spacial score (nSPS) is 49.6. The third-order valence-corrected chi connectivity index (χ3v) is 15.7. The van der Waals surface area contributed by atoms with Crippen molar-refractivity contribution in [3.63, 3.8) is 0 Å². The van der Waals surface area contributed by atoms with Crippen LogP contribution in [-0.2, 0) is 0 Å². The van der Waals surface area contributed by atoms with Gasteiger partial charge in [0.15, 0.2) is 0 Å². The van der Waals surface area contributed by atoms with Crippen molar-refractivity contribution in [2.24, 2.45) is 29.4 Å². The summed E-state index contributed by atoms with van der Waals surface area (Å²) < 4.78 is 0. The topological polar surface area (TPSA) is 42.2 Å². The fourth-order valence-corrected chi connectivity index (χ4v) is 12.7. The summed E-state index contributed by atoms with van der Waals surface area (Å²) in [6.45, 7) is 9.56. The molecule has 0 aromatic carbocycles. The summed E-state index contributed by atoms with van der Waals surface area (Å²) in [7, 11) is 11.3. The van der Waals surface area contributed by atoms with Crippen molar-refractivity contribution in [3.8, 4) is 0 Å². The van der Waals surface area contributed by atoms with Gasteiger partial charge in [-0.3, -0.25) is 4.90 Å². The molecule has 6 nitrogen and oxygen atoms in total. The standard InChI is InChI=1S/4C8H15N.C7H14N2.CH4/c4*1-6-5-7-3-4-8(6)9(7)2;1-9-5-2-3-7(9)6(8)4-5;/h4*6-8H,3-5H2,1-2H3;5-7H,2-4,8H2,1H3;1H4/t4*6-,7+,8-;5-,6+,7+;/m11000./s1. The van der Waals surface area contributed by atoms with Crippen LogP contribution in [0.25, 0.3) is 0 Å². The van der Waals surface area contributed by atoms with E-state index in [9.17, 15) is 0 Å². The van der Waals surface area contributed by atoms with Gasteiger partial charge in [-0.1, -0.05) is 35.1 Å². The lowest BCUT2D eigenvalue weighted by molar-refractivity contribution is 0.296. The molecule has 0 unspecified atom stereocenters. The van der Waals surface area contributed by atoms with E-state index in [-0.39, 0.29) is 7.43 Å². The molecule has 10 saturated heterocycles. The van der Waals surface area contributed by atoms with Gasteiger partial charge in [-0.2, -0.15) is 0 Å². The Morgan fingerprint density at radius 3 is 0.630 bits per heavy atom. The Morgan fingerprint density at radius 2 is 0.565 bits per heavy atom. The predicted octanol–water partition coefficient (Wildman–Crippen LogP) is 6.77. The third-order valence-electron chi connectivity index (χ3n) is 15.7. The van der Waals surface area contributed by atoms with Gasteiger partial charge in [-0.05, 0) is 155 Å². The number of hydrogen-bond acceptors (Lipinski definition) is 6. The number of rotatable bonds is 0. The second-order valence-corrected chi connectivity index (χ2v) is 18.1. The van der Waals surface area contributed by atoms with Gasteiger partial charge in [0, 0.05) is 66.5 Å². The van der Waals surface area contributed by atoms with Crippen molar-refractivity contribution in [2.75, 3.05) is 35.2 Å². The molecule has 268 valence electrons. The highest BCUT2D eigenvalue weighted by Crippen LogP contribution is 2.42. The molecule has 0 aromatic rings. The fraction of sp³-hybridized carbons (Fsp3) is 1.00. The number of likely N-dealkylation sites (N-methyl/N-ethyl adjacent to an activating group) is 1. The zero-order chi connectivity index (χ0) is 32.2. The van der Waals surface area contributed by atoms with Crippen LogP contribution in [0.4, 0.5) is 0 Å². The SMILES string of the molecule is C.CN1[C@H]2CC[C@@H]1[C@H](N)C2.C[C@@H]1C[C@@H]2CC[C@H]1N2C.C[C@@H]1C[C@@H]2CC[C@H]1N2C.C[C@H]1C[C@H]2CC[C@@H]1N2C.C[C@H]1C[C@H]2CC[C@@H]1N2C. The lowest BCUT2D eigenvalue weighted by Gasteiger charge is -2.16. The molecule has 0 radical (unpaired) electrons. The highest BCUT2D eigenvalue weighted by Gasteiger charge is 2.44. The maximum Gasteiger partial charge on any atom is 0.0248 e. The van der Waals surface area contributed by atoms with E-state index in [0.717, 1.165) is 84.1 Å². The molecule has 10 bridgehead atoms. The minimum atomic E-state index is 0. The van der Waals surface area contributed by atoms with E-state index in [2.05, 4.69) is 87.4 Å². The van der Waals surface area contributed by atoms with E-state index in [1.807, 2.05) is 0 Å². The summed E-state index contributed by atoms with van der Waals surface area (Å²) in [5.41, 5.74) is 5.87. The first-order valence-electron chi connectivity index (χ1n) is 19.8. The zero-order valence-electron chi connectivity index (χ0n) is 31.1. The minimum absolute atomic E-state index is 0. The fourth-order valence-electron chi connectivity index (χ4n) is 12.7. The Bertz CT molecular complexity index is 786. The highest BCUT2D eigenvalue weighted by molar-refractivity contribution is 5.01. The molecule has 10 heterocycles. The molecule has 2 N–H and O–H groups in total. The van der Waals surface area contributed by atoms with Gasteiger partial charge < -0.3 is 25.3 Å². The quantitative estimate of drug-likeness (QED) is 0.315. The largest absolute Gasteiger partial charge is 0.326 e. The number of nitrogens with zero attached hydrogens (tertiary/aromatic N) is 5. The van der Waals surface area contributed by atoms with Crippen LogP contribution in [0.2, 0.25) is 0 Å². The van der Waals surface area contributed by atoms with Crippen LogP contribution >= 0.6 is 0 Å². The zero-order valence-corrected chi connectivity index (χ0v) is 31.1. The second kappa shape index (κ2) is 15.3. The van der Waals surface area contributed by atoms with Crippen LogP contribution in [0, 0.1) is 23.7 Å². The van der Waals surface area contributed by atoms with Crippen LogP contribution < -0.4 is 5.73 Å². The van der Waals surface area contributed by atoms with Crippen LogP contribution in [0.15, 0.2) is 0 Å². The Labute approximate surface area is 286 Å². The van der Waals surface area contributed by atoms with Gasteiger partial charge in [0.2, 0.25) is 0 Å². The van der Waals surface area contributed by atoms with E-state index in [1.54, 1.807) is 0 Å². The Balaban J connectivity index is 0.000000113. The monoisotopic (exact) mass is 643 g/mol. The molecule has 15 atom stereocenters. The lowest BCUT2D eigenvalue weighted by atomic mass is 9.91. The van der Waals surface area contributed by atoms with Crippen LogP contribution in [-0.4, -0.2) is 126 Å². The molecule has 0 saturated carbocycles. The first-order valence-corrected chi connectivity index (χ1v) is 19.8. The molecule has 46 heavy (non-hydrogen) atoms. The summed E-state index contributed by atoms with van der Waals surface area (Å²) in [5, 5.41) is 0. The summed E-state index contributed by atoms with van der Waals surface area (Å²) >= 11 is 0. The summed E-state index contributed by atoms with van der Waals surface area (Å²) in [4.78, 5) is 12.7. The van der Waals surface area contributed by atoms with Crippen LogP contribution in [0.3, 0.4) is 0 Å². The average Bonchev–Trinajstić information content (AvgIpc) is 3.93. The number of fused-ring (bicyclic) bond motifs is 10. The summed E-state index contributed by atoms with van der Waals surface area (Å²) in [5.74, 6) is 3.92. The van der Waals surface area contributed by atoms with Gasteiger partial charge in [-0.25, -0.2) is 0 Å². The Morgan fingerprint density at radius 1 is 0.348 bits per heavy atom. The molecule has 10 rings (SSSR count). The predicted molar refractivity (Wildman–Crippen MR) is 197 cm³/mol. The van der Waals surface area contributed by atoms with E-state index < -0.39 is 0 Å². The van der Waals surface area contributed by atoms with Crippen molar-refractivity contribution >= 4 is 0 Å². The first kappa shape index (κ1) is 37.0. The maximum atomic E-state index is 5.87. The third kappa shape index (κ3) is 7.29. The molecule has 0 aliphatic carbocycles. The molecule has 0 spiro atoms. The van der Waals surface area contributed by atoms with Crippen molar-refractivity contribution in [3.05, 3.63) is 0 Å². The number of hydrogen-bond donors (Lipinski definition) is 1. The van der Waals surface area contributed by atoms with Crippen molar-refractivity contribution in [1.29, 1.82) is 0 Å². The van der Waals surface area contributed by atoms with Crippen LogP contribution in [0.5, 0.6) is 0 Å². The van der Waals surface area contributed by atoms with E-state index in [0.29, 0.717) is 6.04 Å². The number of nitrogens with two attached hydrogens (primary N) is 1. The second-order valence-electron chi connectivity index (χ2n) is 18.1. The van der Waals surface area contributed by atoms with E-state index >= 15 is 0 Å². The highest BCUT2D eigenvalue weighted by atomic mass is 15.2. The maximum absolute atomic E-state index is 5.87. The van der Waals surface area contributed by atoms with Gasteiger partial charge in [0.05, 0.1) is 0 Å². The Kier molecular flexibility index (Phi) is 12.3. The Hall–Kier alpha value is -0.240. The first-order chi connectivity index (χ1) is 21.4. The molecule has 10 aliphatic rings. The van der Waals surface area contributed by atoms with Crippen LogP contribution in [0.1, 0.15) is 131 Å². The van der Waals surface area contributed by atoms with Gasteiger partial charge in [-0.15, -0.1) is 0 Å². The van der Waals surface area contributed by atoms with E-state index in [1.165, 1.54) is 96.3 Å². The molecular weight excluding hydrogens is 564 g/mol. The van der Waals surface area contributed by atoms with Gasteiger partial charge >= 0.3 is 0 Å². The molecule has 0 amide bonds. The summed E-state index contributed by atoms with van der Waals surface area (Å²) in [6, 6.07) is 9.58. The van der Waals surface area contributed by atoms with Gasteiger partial charge in [0.1, 0.15) is 0 Å². The van der Waals surface area contributed by atoms with Crippen molar-refractivity contribution in [1.82, 2.24) is 24.5 Å². The van der Waals surface area contributed by atoms with Gasteiger partial charge in [0.25, 0.3) is 0 Å².